The Morgan fingerprint density at radius 3 is 2.73 bits per heavy atom. The molecule has 0 unspecified atom stereocenters. The van der Waals surface area contributed by atoms with Crippen molar-refractivity contribution in [1.29, 1.82) is 0 Å². The SMILES string of the molecule is C=C1C(=O)O[C@H]2[C@H]1C[C@@H](O)[C@@]1(C)[C@@H](OC(=O)C(C)=CC)C[C@@H]3O[C@]3(C)[C@H]21. The number of epoxide rings is 1. The van der Waals surface area contributed by atoms with Crippen molar-refractivity contribution in [3.05, 3.63) is 23.8 Å². The Morgan fingerprint density at radius 1 is 1.38 bits per heavy atom. The predicted octanol–water partition coefficient (Wildman–Crippen LogP) is 1.91. The number of fused-ring (bicyclic) bond motifs is 5. The number of aliphatic hydroxyl groups is 1. The first-order chi connectivity index (χ1) is 12.1. The van der Waals surface area contributed by atoms with Crippen LogP contribution in [0, 0.1) is 17.3 Å². The van der Waals surface area contributed by atoms with Gasteiger partial charge in [-0.25, -0.2) is 9.59 Å². The van der Waals surface area contributed by atoms with Crippen LogP contribution in [0.15, 0.2) is 23.8 Å². The highest BCUT2D eigenvalue weighted by Crippen LogP contribution is 2.66. The number of ether oxygens (including phenoxy) is 3. The average molecular weight is 362 g/mol. The summed E-state index contributed by atoms with van der Waals surface area (Å²) in [5.74, 6) is -1.26. The lowest BCUT2D eigenvalue weighted by molar-refractivity contribution is -0.207. The summed E-state index contributed by atoms with van der Waals surface area (Å²) in [4.78, 5) is 24.5. The predicted molar refractivity (Wildman–Crippen MR) is 91.9 cm³/mol. The molecule has 2 saturated carbocycles. The van der Waals surface area contributed by atoms with Crippen LogP contribution in [0.3, 0.4) is 0 Å². The zero-order chi connectivity index (χ0) is 19.0. The van der Waals surface area contributed by atoms with Crippen LogP contribution in [-0.2, 0) is 23.8 Å². The largest absolute Gasteiger partial charge is 0.458 e. The van der Waals surface area contributed by atoms with Gasteiger partial charge >= 0.3 is 11.9 Å². The lowest BCUT2D eigenvalue weighted by atomic mass is 9.51. The molecule has 4 aliphatic rings. The molecule has 0 aromatic rings. The first-order valence-corrected chi connectivity index (χ1v) is 9.24. The third kappa shape index (κ3) is 2.12. The Bertz CT molecular complexity index is 726. The quantitative estimate of drug-likeness (QED) is 0.459. The molecule has 0 spiro atoms. The van der Waals surface area contributed by atoms with E-state index >= 15 is 0 Å². The molecule has 0 radical (unpaired) electrons. The summed E-state index contributed by atoms with van der Waals surface area (Å²) in [5, 5.41) is 11.1. The zero-order valence-corrected chi connectivity index (χ0v) is 15.7. The van der Waals surface area contributed by atoms with Gasteiger partial charge in [0.2, 0.25) is 0 Å². The van der Waals surface area contributed by atoms with Crippen molar-refractivity contribution in [2.45, 2.75) is 70.6 Å². The number of carbonyl (C=O) groups excluding carboxylic acids is 2. The molecule has 6 nitrogen and oxygen atoms in total. The summed E-state index contributed by atoms with van der Waals surface area (Å²) in [6, 6.07) is 0. The normalized spacial score (nSPS) is 49.7. The van der Waals surface area contributed by atoms with Gasteiger partial charge in [0, 0.05) is 34.8 Å². The summed E-state index contributed by atoms with van der Waals surface area (Å²) in [6.45, 7) is 11.3. The summed E-state index contributed by atoms with van der Waals surface area (Å²) in [7, 11) is 0. The number of carbonyl (C=O) groups is 2. The number of rotatable bonds is 2. The summed E-state index contributed by atoms with van der Waals surface area (Å²) in [5.41, 5.74) is -0.292. The van der Waals surface area contributed by atoms with Crippen LogP contribution in [0.4, 0.5) is 0 Å². The molecular weight excluding hydrogens is 336 g/mol. The molecule has 26 heavy (non-hydrogen) atoms. The minimum atomic E-state index is -0.752. The summed E-state index contributed by atoms with van der Waals surface area (Å²) >= 11 is 0. The number of aliphatic hydroxyl groups excluding tert-OH is 1. The van der Waals surface area contributed by atoms with Gasteiger partial charge in [0.1, 0.15) is 12.2 Å². The molecular formula is C20H26O6. The van der Waals surface area contributed by atoms with E-state index in [2.05, 4.69) is 6.58 Å². The number of esters is 2. The van der Waals surface area contributed by atoms with E-state index in [0.717, 1.165) is 0 Å². The molecule has 6 heteroatoms. The topological polar surface area (TPSA) is 85.4 Å². The van der Waals surface area contributed by atoms with E-state index in [1.54, 1.807) is 19.9 Å². The lowest BCUT2D eigenvalue weighted by Crippen LogP contribution is -2.65. The molecule has 4 rings (SSSR count). The van der Waals surface area contributed by atoms with Crippen molar-refractivity contribution in [2.24, 2.45) is 17.3 Å². The van der Waals surface area contributed by atoms with Gasteiger partial charge in [0.05, 0.1) is 17.8 Å². The number of allylic oxidation sites excluding steroid dienone is 1. The van der Waals surface area contributed by atoms with Crippen molar-refractivity contribution in [3.8, 4) is 0 Å². The van der Waals surface area contributed by atoms with E-state index in [1.165, 1.54) is 0 Å². The molecule has 1 N–H and O–H groups in total. The summed E-state index contributed by atoms with van der Waals surface area (Å²) in [6.07, 6.45) is 0.906. The van der Waals surface area contributed by atoms with E-state index in [0.29, 0.717) is 24.0 Å². The zero-order valence-electron chi connectivity index (χ0n) is 15.7. The molecule has 2 saturated heterocycles. The Morgan fingerprint density at radius 2 is 2.08 bits per heavy atom. The minimum absolute atomic E-state index is 0.0668. The monoisotopic (exact) mass is 362 g/mol. The third-order valence-corrected chi connectivity index (χ3v) is 7.27. The molecule has 2 heterocycles. The molecule has 2 aliphatic carbocycles. The maximum absolute atomic E-state index is 12.4. The highest BCUT2D eigenvalue weighted by Gasteiger charge is 2.76. The average Bonchev–Trinajstić information content (AvgIpc) is 3.18. The van der Waals surface area contributed by atoms with Crippen molar-refractivity contribution >= 4 is 11.9 Å². The van der Waals surface area contributed by atoms with Gasteiger partial charge in [-0.05, 0) is 27.2 Å². The molecule has 142 valence electrons. The van der Waals surface area contributed by atoms with Crippen molar-refractivity contribution in [1.82, 2.24) is 0 Å². The number of hydrogen-bond acceptors (Lipinski definition) is 6. The highest BCUT2D eigenvalue weighted by molar-refractivity contribution is 5.91. The van der Waals surface area contributed by atoms with Crippen LogP contribution in [0.5, 0.6) is 0 Å². The van der Waals surface area contributed by atoms with Crippen LogP contribution in [0.2, 0.25) is 0 Å². The Hall–Kier alpha value is -1.66. The Labute approximate surface area is 153 Å². The second-order valence-electron chi connectivity index (χ2n) is 8.49. The molecule has 0 aromatic carbocycles. The molecule has 0 aromatic heterocycles. The maximum atomic E-state index is 12.4. The fraction of sp³-hybridized carbons (Fsp3) is 0.700. The van der Waals surface area contributed by atoms with Crippen LogP contribution < -0.4 is 0 Å². The second-order valence-corrected chi connectivity index (χ2v) is 8.49. The van der Waals surface area contributed by atoms with Gasteiger partial charge in [-0.15, -0.1) is 0 Å². The van der Waals surface area contributed by atoms with Crippen molar-refractivity contribution < 1.29 is 28.9 Å². The van der Waals surface area contributed by atoms with E-state index < -0.39 is 35.3 Å². The maximum Gasteiger partial charge on any atom is 0.334 e. The standard InChI is InChI=1S/C20H26O6/c1-6-9(2)17(22)24-13-8-14-20(5,26-14)16-15-11(10(3)18(23)25-15)7-12(21)19(13,16)4/h6,11-16,21H,3,7-8H2,1-2,4-5H3/t11-,12+,13-,14-,15-,16+,19-,20-/m0/s1. The smallest absolute Gasteiger partial charge is 0.334 e. The van der Waals surface area contributed by atoms with Gasteiger partial charge < -0.3 is 19.3 Å². The first-order valence-electron chi connectivity index (χ1n) is 9.24. The first kappa shape index (κ1) is 17.7. The molecule has 0 amide bonds. The number of hydrogen-bond donors (Lipinski definition) is 1. The van der Waals surface area contributed by atoms with Gasteiger partial charge in [-0.2, -0.15) is 0 Å². The third-order valence-electron chi connectivity index (χ3n) is 7.27. The van der Waals surface area contributed by atoms with E-state index in [-0.39, 0.29) is 23.9 Å². The van der Waals surface area contributed by atoms with Gasteiger partial charge in [-0.3, -0.25) is 0 Å². The molecule has 8 atom stereocenters. The fourth-order valence-corrected chi connectivity index (χ4v) is 5.41. The van der Waals surface area contributed by atoms with E-state index in [9.17, 15) is 14.7 Å². The van der Waals surface area contributed by atoms with Gasteiger partial charge in [-0.1, -0.05) is 19.6 Å². The molecule has 4 fully saturated rings. The summed E-state index contributed by atoms with van der Waals surface area (Å²) < 4.78 is 17.5. The van der Waals surface area contributed by atoms with Crippen LogP contribution in [0.25, 0.3) is 0 Å². The minimum Gasteiger partial charge on any atom is -0.458 e. The van der Waals surface area contributed by atoms with E-state index in [1.807, 2.05) is 13.8 Å². The molecule has 0 bridgehead atoms. The molecule has 2 aliphatic heterocycles. The Kier molecular flexibility index (Phi) is 3.70. The van der Waals surface area contributed by atoms with Crippen molar-refractivity contribution in [3.63, 3.8) is 0 Å². The van der Waals surface area contributed by atoms with Gasteiger partial charge in [0.25, 0.3) is 0 Å². The lowest BCUT2D eigenvalue weighted by Gasteiger charge is -2.55. The van der Waals surface area contributed by atoms with E-state index in [4.69, 9.17) is 14.2 Å². The highest BCUT2D eigenvalue weighted by atomic mass is 16.6. The van der Waals surface area contributed by atoms with Crippen LogP contribution in [0.1, 0.15) is 40.5 Å². The van der Waals surface area contributed by atoms with Crippen LogP contribution >= 0.6 is 0 Å². The van der Waals surface area contributed by atoms with Gasteiger partial charge in [0.15, 0.2) is 0 Å². The Balaban J connectivity index is 1.72. The van der Waals surface area contributed by atoms with Crippen LogP contribution in [-0.4, -0.2) is 47.1 Å². The van der Waals surface area contributed by atoms with Crippen molar-refractivity contribution in [2.75, 3.05) is 0 Å². The second kappa shape index (κ2) is 5.42. The fourth-order valence-electron chi connectivity index (χ4n) is 5.41.